The van der Waals surface area contributed by atoms with E-state index >= 15 is 0 Å². The number of ether oxygens (including phenoxy) is 1. The van der Waals surface area contributed by atoms with Crippen molar-refractivity contribution >= 4 is 11.6 Å². The second kappa shape index (κ2) is 6.34. The maximum absolute atomic E-state index is 12.9. The largest absolute Gasteiger partial charge is 0.418 e. The molecule has 0 fully saturated rings. The normalized spacial score (nSPS) is 12.1. The van der Waals surface area contributed by atoms with Gasteiger partial charge in [0.05, 0.1) is 17.7 Å². The lowest BCUT2D eigenvalue weighted by molar-refractivity contribution is -0.136. The van der Waals surface area contributed by atoms with Crippen molar-refractivity contribution in [2.24, 2.45) is 0 Å². The molecule has 0 aliphatic rings. The second-order valence-electron chi connectivity index (χ2n) is 5.28. The Kier molecular flexibility index (Phi) is 5.22. The van der Waals surface area contributed by atoms with E-state index in [1.165, 1.54) is 26.3 Å². The first-order valence-electron chi connectivity index (χ1n) is 6.31. The van der Waals surface area contributed by atoms with Gasteiger partial charge in [-0.1, -0.05) is 0 Å². The van der Waals surface area contributed by atoms with E-state index < -0.39 is 23.2 Å². The lowest BCUT2D eigenvalue weighted by Crippen LogP contribution is -2.46. The third-order valence-electron chi connectivity index (χ3n) is 2.81. The topological polar surface area (TPSA) is 50.4 Å². The van der Waals surface area contributed by atoms with Gasteiger partial charge >= 0.3 is 6.18 Å². The van der Waals surface area contributed by atoms with Crippen LogP contribution in [0.3, 0.4) is 0 Å². The number of hydrogen-bond donors (Lipinski definition) is 2. The van der Waals surface area contributed by atoms with Crippen molar-refractivity contribution in [1.82, 2.24) is 5.32 Å². The van der Waals surface area contributed by atoms with E-state index in [-0.39, 0.29) is 17.9 Å². The maximum Gasteiger partial charge on any atom is 0.418 e. The number of carbonyl (C=O) groups is 1. The third kappa shape index (κ3) is 4.63. The van der Waals surface area contributed by atoms with Gasteiger partial charge in [-0.15, -0.1) is 0 Å². The Bertz CT molecular complexity index is 513. The minimum absolute atomic E-state index is 0.0505. The van der Waals surface area contributed by atoms with Gasteiger partial charge < -0.3 is 15.4 Å². The van der Waals surface area contributed by atoms with Gasteiger partial charge in [0.25, 0.3) is 5.91 Å². The van der Waals surface area contributed by atoms with Crippen LogP contribution in [0.1, 0.15) is 29.8 Å². The van der Waals surface area contributed by atoms with Gasteiger partial charge in [0.2, 0.25) is 0 Å². The minimum atomic E-state index is -4.53. The van der Waals surface area contributed by atoms with E-state index in [9.17, 15) is 18.0 Å². The molecule has 0 bridgehead atoms. The summed E-state index contributed by atoms with van der Waals surface area (Å²) in [6.07, 6.45) is -4.53. The number of hydrogen-bond acceptors (Lipinski definition) is 3. The molecule has 0 aliphatic heterocycles. The van der Waals surface area contributed by atoms with Gasteiger partial charge in [-0.3, -0.25) is 4.79 Å². The van der Waals surface area contributed by atoms with Crippen molar-refractivity contribution in [3.05, 3.63) is 29.3 Å². The summed E-state index contributed by atoms with van der Waals surface area (Å²) in [7, 11) is 2.88. The van der Waals surface area contributed by atoms with Crippen LogP contribution in [0.5, 0.6) is 0 Å². The Morgan fingerprint density at radius 2 is 1.90 bits per heavy atom. The molecule has 0 saturated heterocycles. The van der Waals surface area contributed by atoms with E-state index in [0.29, 0.717) is 0 Å². The highest BCUT2D eigenvalue weighted by Crippen LogP contribution is 2.35. The number of rotatable bonds is 5. The van der Waals surface area contributed by atoms with Crippen molar-refractivity contribution in [3.63, 3.8) is 0 Å². The molecule has 1 amide bonds. The molecule has 7 heteroatoms. The molecular formula is C14H19F3N2O2. The van der Waals surface area contributed by atoms with Crippen LogP contribution in [0.25, 0.3) is 0 Å². The maximum atomic E-state index is 12.9. The summed E-state index contributed by atoms with van der Waals surface area (Å²) in [5.41, 5.74) is -1.67. The molecule has 118 valence electrons. The smallest absolute Gasteiger partial charge is 0.388 e. The molecule has 0 aromatic heterocycles. The molecule has 0 radical (unpaired) electrons. The van der Waals surface area contributed by atoms with Crippen LogP contribution in [0.15, 0.2) is 18.2 Å². The fourth-order valence-electron chi connectivity index (χ4n) is 1.91. The number of benzene rings is 1. The molecular weight excluding hydrogens is 285 g/mol. The highest BCUT2D eigenvalue weighted by molar-refractivity contribution is 5.95. The van der Waals surface area contributed by atoms with Crippen LogP contribution < -0.4 is 10.6 Å². The van der Waals surface area contributed by atoms with Gasteiger partial charge in [0.15, 0.2) is 0 Å². The highest BCUT2D eigenvalue weighted by atomic mass is 19.4. The van der Waals surface area contributed by atoms with E-state index in [2.05, 4.69) is 10.6 Å². The molecule has 2 N–H and O–H groups in total. The second-order valence-corrected chi connectivity index (χ2v) is 5.28. The molecule has 1 aromatic rings. The monoisotopic (exact) mass is 304 g/mol. The summed E-state index contributed by atoms with van der Waals surface area (Å²) < 4.78 is 43.8. The quantitative estimate of drug-likeness (QED) is 0.879. The van der Waals surface area contributed by atoms with Crippen LogP contribution in [0, 0.1) is 0 Å². The number of amides is 1. The summed E-state index contributed by atoms with van der Waals surface area (Å²) in [5, 5.41) is 5.10. The first kappa shape index (κ1) is 17.3. The van der Waals surface area contributed by atoms with Gasteiger partial charge in [0.1, 0.15) is 0 Å². The van der Waals surface area contributed by atoms with Crippen LogP contribution in [0.2, 0.25) is 0 Å². The fourth-order valence-corrected chi connectivity index (χ4v) is 1.91. The van der Waals surface area contributed by atoms with Gasteiger partial charge in [-0.05, 0) is 32.0 Å². The van der Waals surface area contributed by atoms with Gasteiger partial charge in [-0.25, -0.2) is 0 Å². The zero-order valence-corrected chi connectivity index (χ0v) is 12.4. The van der Waals surface area contributed by atoms with Crippen LogP contribution in [-0.2, 0) is 10.9 Å². The third-order valence-corrected chi connectivity index (χ3v) is 2.81. The summed E-state index contributed by atoms with van der Waals surface area (Å²) in [6.45, 7) is 3.70. The molecule has 0 heterocycles. The highest BCUT2D eigenvalue weighted by Gasteiger charge is 2.34. The van der Waals surface area contributed by atoms with E-state index in [1.807, 2.05) is 0 Å². The summed E-state index contributed by atoms with van der Waals surface area (Å²) >= 11 is 0. The zero-order chi connectivity index (χ0) is 16.3. The minimum Gasteiger partial charge on any atom is -0.388 e. The van der Waals surface area contributed by atoms with E-state index in [4.69, 9.17) is 4.74 Å². The standard InChI is InChI=1S/C14H19F3N2O2/c1-13(2,8-21-4)19-12(20)9-5-6-11(18-3)10(7-9)14(15,16)17/h5-7,18H,8H2,1-4H3,(H,19,20). The van der Waals surface area contributed by atoms with Crippen LogP contribution in [0.4, 0.5) is 18.9 Å². The molecule has 1 aromatic carbocycles. The average Bonchev–Trinajstić information content (AvgIpc) is 2.36. The molecule has 1 rings (SSSR count). The van der Waals surface area contributed by atoms with Gasteiger partial charge in [0, 0.05) is 25.4 Å². The molecule has 4 nitrogen and oxygen atoms in total. The van der Waals surface area contributed by atoms with Crippen molar-refractivity contribution in [2.45, 2.75) is 25.6 Å². The Balaban J connectivity index is 3.07. The summed E-state index contributed by atoms with van der Waals surface area (Å²) in [5.74, 6) is -0.579. The predicted molar refractivity (Wildman–Crippen MR) is 74.4 cm³/mol. The number of halogens is 3. The van der Waals surface area contributed by atoms with Crippen molar-refractivity contribution in [1.29, 1.82) is 0 Å². The Hall–Kier alpha value is -1.76. The zero-order valence-electron chi connectivity index (χ0n) is 12.4. The SMILES string of the molecule is CNc1ccc(C(=O)NC(C)(C)COC)cc1C(F)(F)F. The number of carbonyl (C=O) groups excluding carboxylic acids is 1. The summed E-state index contributed by atoms with van der Waals surface area (Å²) in [4.78, 5) is 12.1. The fraction of sp³-hybridized carbons (Fsp3) is 0.500. The van der Waals surface area contributed by atoms with Crippen molar-refractivity contribution < 1.29 is 22.7 Å². The number of anilines is 1. The first-order valence-corrected chi connectivity index (χ1v) is 6.31. The number of nitrogens with one attached hydrogen (secondary N) is 2. The van der Waals surface area contributed by atoms with Crippen LogP contribution >= 0.6 is 0 Å². The molecule has 0 spiro atoms. The van der Waals surface area contributed by atoms with E-state index in [0.717, 1.165) is 6.07 Å². The molecule has 21 heavy (non-hydrogen) atoms. The first-order chi connectivity index (χ1) is 9.60. The average molecular weight is 304 g/mol. The lowest BCUT2D eigenvalue weighted by Gasteiger charge is -2.25. The Labute approximate surface area is 121 Å². The molecule has 0 saturated carbocycles. The number of methoxy groups -OCH3 is 1. The molecule has 0 aliphatic carbocycles. The lowest BCUT2D eigenvalue weighted by atomic mass is 10.0. The Morgan fingerprint density at radius 1 is 1.29 bits per heavy atom. The Morgan fingerprint density at radius 3 is 2.38 bits per heavy atom. The molecule has 0 unspecified atom stereocenters. The van der Waals surface area contributed by atoms with Crippen molar-refractivity contribution in [2.75, 3.05) is 26.1 Å². The van der Waals surface area contributed by atoms with Crippen molar-refractivity contribution in [3.8, 4) is 0 Å². The summed E-state index contributed by atoms with van der Waals surface area (Å²) in [6, 6.07) is 3.42. The number of alkyl halides is 3. The predicted octanol–water partition coefficient (Wildman–Crippen LogP) is 2.90. The van der Waals surface area contributed by atoms with E-state index in [1.54, 1.807) is 13.8 Å². The van der Waals surface area contributed by atoms with Gasteiger partial charge in [-0.2, -0.15) is 13.2 Å². The van der Waals surface area contributed by atoms with Crippen LogP contribution in [-0.4, -0.2) is 32.2 Å². The molecule has 0 atom stereocenters.